The number of alkyl halides is 1. The Hall–Kier alpha value is 0.200. The van der Waals surface area contributed by atoms with Crippen LogP contribution in [0.4, 0.5) is 0 Å². The third-order valence-corrected chi connectivity index (χ3v) is 5.23. The van der Waals surface area contributed by atoms with E-state index in [4.69, 9.17) is 11.6 Å². The van der Waals surface area contributed by atoms with E-state index in [9.17, 15) is 8.42 Å². The monoisotopic (exact) mass is 253 g/mol. The van der Waals surface area contributed by atoms with Gasteiger partial charge in [-0.3, -0.25) is 0 Å². The second-order valence-electron chi connectivity index (χ2n) is 4.92. The lowest BCUT2D eigenvalue weighted by Gasteiger charge is -2.36. The molecule has 3 nitrogen and oxygen atoms in total. The van der Waals surface area contributed by atoms with Gasteiger partial charge in [-0.25, -0.2) is 12.7 Å². The molecule has 0 bridgehead atoms. The van der Waals surface area contributed by atoms with E-state index >= 15 is 0 Å². The van der Waals surface area contributed by atoms with Crippen LogP contribution >= 0.6 is 11.6 Å². The zero-order valence-electron chi connectivity index (χ0n) is 9.50. The number of rotatable bonds is 4. The van der Waals surface area contributed by atoms with Crippen molar-refractivity contribution < 1.29 is 8.42 Å². The molecule has 1 heterocycles. The molecule has 0 aliphatic carbocycles. The maximum atomic E-state index is 11.8. The van der Waals surface area contributed by atoms with Crippen molar-refractivity contribution >= 4 is 21.6 Å². The summed E-state index contributed by atoms with van der Waals surface area (Å²) in [5.41, 5.74) is 0.290. The second kappa shape index (κ2) is 5.02. The number of nitrogens with zero attached hydrogens (tertiary/aromatic N) is 1. The van der Waals surface area contributed by atoms with Gasteiger partial charge in [-0.05, 0) is 24.7 Å². The van der Waals surface area contributed by atoms with Gasteiger partial charge in [0.2, 0.25) is 10.0 Å². The molecule has 0 saturated carbocycles. The third-order valence-electron chi connectivity index (χ3n) is 3.01. The van der Waals surface area contributed by atoms with Crippen LogP contribution in [0.15, 0.2) is 0 Å². The van der Waals surface area contributed by atoms with Gasteiger partial charge in [0, 0.05) is 19.0 Å². The highest BCUT2D eigenvalue weighted by Crippen LogP contribution is 2.30. The molecule has 15 heavy (non-hydrogen) atoms. The fraction of sp³-hybridized carbons (Fsp3) is 1.00. The molecule has 0 atom stereocenters. The maximum absolute atomic E-state index is 11.8. The van der Waals surface area contributed by atoms with Crippen LogP contribution in [0.3, 0.4) is 0 Å². The van der Waals surface area contributed by atoms with Crippen LogP contribution in [-0.4, -0.2) is 37.4 Å². The van der Waals surface area contributed by atoms with Crippen molar-refractivity contribution in [2.45, 2.75) is 33.1 Å². The van der Waals surface area contributed by atoms with Gasteiger partial charge >= 0.3 is 0 Å². The van der Waals surface area contributed by atoms with Crippen LogP contribution in [0.2, 0.25) is 0 Å². The number of sulfonamides is 1. The minimum atomic E-state index is -3.05. The van der Waals surface area contributed by atoms with Crippen molar-refractivity contribution in [3.05, 3.63) is 0 Å². The van der Waals surface area contributed by atoms with Crippen LogP contribution < -0.4 is 0 Å². The maximum Gasteiger partial charge on any atom is 0.214 e. The molecule has 5 heteroatoms. The Labute approximate surface area is 97.8 Å². The molecule has 0 aromatic carbocycles. The van der Waals surface area contributed by atoms with E-state index in [0.29, 0.717) is 30.8 Å². The minimum Gasteiger partial charge on any atom is -0.212 e. The average molecular weight is 254 g/mol. The van der Waals surface area contributed by atoms with Crippen LogP contribution in [0.1, 0.15) is 33.1 Å². The summed E-state index contributed by atoms with van der Waals surface area (Å²) in [5.74, 6) is 0.607. The summed E-state index contributed by atoms with van der Waals surface area (Å²) in [4.78, 5) is 0. The molecule has 0 aromatic heterocycles. The van der Waals surface area contributed by atoms with Gasteiger partial charge in [0.15, 0.2) is 0 Å². The lowest BCUT2D eigenvalue weighted by Crippen LogP contribution is -2.42. The van der Waals surface area contributed by atoms with Crippen LogP contribution in [-0.2, 0) is 10.0 Å². The molecule has 90 valence electrons. The third kappa shape index (κ3) is 3.93. The Morgan fingerprint density at radius 3 is 2.27 bits per heavy atom. The molecule has 0 radical (unpaired) electrons. The predicted octanol–water partition coefficient (Wildman–Crippen LogP) is 2.07. The highest BCUT2D eigenvalue weighted by molar-refractivity contribution is 7.89. The first kappa shape index (κ1) is 13.3. The van der Waals surface area contributed by atoms with Crippen molar-refractivity contribution in [2.24, 2.45) is 5.41 Å². The van der Waals surface area contributed by atoms with Crippen molar-refractivity contribution in [2.75, 3.05) is 24.7 Å². The van der Waals surface area contributed by atoms with Crippen molar-refractivity contribution in [1.82, 2.24) is 4.31 Å². The Bertz CT molecular complexity index is 291. The van der Waals surface area contributed by atoms with Gasteiger partial charge in [0.1, 0.15) is 0 Å². The molecule has 1 fully saturated rings. The van der Waals surface area contributed by atoms with Crippen molar-refractivity contribution in [3.8, 4) is 0 Å². The SMILES string of the molecule is CC1(C)CCN(S(=O)(=O)CCCCl)CC1. The standard InChI is InChI=1S/C10H20ClNO2S/c1-10(2)4-7-12(8-5-10)15(13,14)9-3-6-11/h3-9H2,1-2H3. The van der Waals surface area contributed by atoms with Crippen LogP contribution in [0.25, 0.3) is 0 Å². The van der Waals surface area contributed by atoms with E-state index in [1.807, 2.05) is 0 Å². The molecular formula is C10H20ClNO2S. The Morgan fingerprint density at radius 1 is 1.27 bits per heavy atom. The normalized spacial score (nSPS) is 22.9. The first-order valence-corrected chi connectivity index (χ1v) is 7.56. The lowest BCUT2D eigenvalue weighted by atomic mass is 9.83. The summed E-state index contributed by atoms with van der Waals surface area (Å²) in [6, 6.07) is 0. The molecule has 1 aliphatic rings. The second-order valence-corrected chi connectivity index (χ2v) is 7.39. The molecule has 1 aliphatic heterocycles. The first-order chi connectivity index (χ1) is 6.87. The lowest BCUT2D eigenvalue weighted by molar-refractivity contribution is 0.196. The summed E-state index contributed by atoms with van der Waals surface area (Å²) in [5, 5.41) is 0. The molecule has 1 saturated heterocycles. The van der Waals surface area contributed by atoms with E-state index in [2.05, 4.69) is 13.8 Å². The smallest absolute Gasteiger partial charge is 0.212 e. The van der Waals surface area contributed by atoms with Gasteiger partial charge in [-0.1, -0.05) is 13.8 Å². The summed E-state index contributed by atoms with van der Waals surface area (Å²) >= 11 is 5.51. The Morgan fingerprint density at radius 2 is 1.80 bits per heavy atom. The average Bonchev–Trinajstić information content (AvgIpc) is 2.14. The molecule has 0 N–H and O–H groups in total. The van der Waals surface area contributed by atoms with Gasteiger partial charge in [-0.2, -0.15) is 0 Å². The minimum absolute atomic E-state index is 0.191. The quantitative estimate of drug-likeness (QED) is 0.720. The number of piperidine rings is 1. The van der Waals surface area contributed by atoms with Crippen molar-refractivity contribution in [3.63, 3.8) is 0 Å². The van der Waals surface area contributed by atoms with E-state index in [1.54, 1.807) is 4.31 Å². The van der Waals surface area contributed by atoms with E-state index in [0.717, 1.165) is 12.8 Å². The van der Waals surface area contributed by atoms with Crippen LogP contribution in [0, 0.1) is 5.41 Å². The molecule has 0 amide bonds. The van der Waals surface area contributed by atoms with E-state index in [-0.39, 0.29) is 5.75 Å². The van der Waals surface area contributed by atoms with Crippen molar-refractivity contribution in [1.29, 1.82) is 0 Å². The van der Waals surface area contributed by atoms with Gasteiger partial charge in [0.25, 0.3) is 0 Å². The highest BCUT2D eigenvalue weighted by atomic mass is 35.5. The zero-order valence-corrected chi connectivity index (χ0v) is 11.1. The summed E-state index contributed by atoms with van der Waals surface area (Å²) in [6.07, 6.45) is 2.45. The fourth-order valence-corrected chi connectivity index (χ4v) is 3.53. The Balaban J connectivity index is 2.52. The first-order valence-electron chi connectivity index (χ1n) is 5.41. The van der Waals surface area contributed by atoms with E-state index in [1.165, 1.54) is 0 Å². The van der Waals surface area contributed by atoms with Gasteiger partial charge in [-0.15, -0.1) is 11.6 Å². The molecule has 0 spiro atoms. The fourth-order valence-electron chi connectivity index (χ4n) is 1.74. The number of halogens is 1. The molecule has 0 unspecified atom stereocenters. The highest BCUT2D eigenvalue weighted by Gasteiger charge is 2.31. The van der Waals surface area contributed by atoms with E-state index < -0.39 is 10.0 Å². The van der Waals surface area contributed by atoms with Crippen LogP contribution in [0.5, 0.6) is 0 Å². The zero-order chi connectivity index (χ0) is 11.5. The molecule has 0 aromatic rings. The number of hydrogen-bond acceptors (Lipinski definition) is 2. The molecule has 1 rings (SSSR count). The summed E-state index contributed by atoms with van der Waals surface area (Å²) in [6.45, 7) is 5.71. The summed E-state index contributed by atoms with van der Waals surface area (Å²) < 4.78 is 25.3. The topological polar surface area (TPSA) is 37.4 Å². The van der Waals surface area contributed by atoms with Gasteiger partial charge < -0.3 is 0 Å². The predicted molar refractivity (Wildman–Crippen MR) is 63.7 cm³/mol. The van der Waals surface area contributed by atoms with Gasteiger partial charge in [0.05, 0.1) is 5.75 Å². The number of hydrogen-bond donors (Lipinski definition) is 0. The largest absolute Gasteiger partial charge is 0.214 e. The summed E-state index contributed by atoms with van der Waals surface area (Å²) in [7, 11) is -3.05. The Kier molecular flexibility index (Phi) is 4.44. The molecular weight excluding hydrogens is 234 g/mol.